The predicted molar refractivity (Wildman–Crippen MR) is 30.3 cm³/mol. The number of hydrogen-bond donors (Lipinski definition) is 2. The fraction of sp³-hybridized carbons (Fsp3) is 1.00. The monoisotopic (exact) mass is 157 g/mol. The zero-order valence-electron chi connectivity index (χ0n) is 5.52. The molecule has 3 N–H and O–H groups in total. The summed E-state index contributed by atoms with van der Waals surface area (Å²) in [4.78, 5) is 0. The van der Waals surface area contributed by atoms with Crippen molar-refractivity contribution in [2.24, 2.45) is 11.7 Å². The van der Waals surface area contributed by atoms with Gasteiger partial charge < -0.3 is 10.8 Å². The van der Waals surface area contributed by atoms with Gasteiger partial charge in [0.2, 0.25) is 0 Å². The van der Waals surface area contributed by atoms with E-state index in [1.54, 1.807) is 0 Å². The van der Waals surface area contributed by atoms with Gasteiger partial charge in [-0.1, -0.05) is 6.92 Å². The molecule has 0 aromatic rings. The molecule has 0 bridgehead atoms. The molecule has 0 rings (SSSR count). The summed E-state index contributed by atoms with van der Waals surface area (Å²) >= 11 is 0. The highest BCUT2D eigenvalue weighted by molar-refractivity contribution is 4.73. The lowest BCUT2D eigenvalue weighted by Crippen LogP contribution is -2.40. The minimum absolute atomic E-state index is 0.638. The van der Waals surface area contributed by atoms with Crippen molar-refractivity contribution in [3.63, 3.8) is 0 Å². The van der Waals surface area contributed by atoms with Gasteiger partial charge in [-0.2, -0.15) is 13.2 Å². The maximum absolute atomic E-state index is 11.7. The number of aliphatic hydroxyl groups is 1. The van der Waals surface area contributed by atoms with E-state index in [1.165, 1.54) is 0 Å². The van der Waals surface area contributed by atoms with Gasteiger partial charge in [0.15, 0.2) is 0 Å². The Bertz CT molecular complexity index is 104. The van der Waals surface area contributed by atoms with Crippen LogP contribution in [0.3, 0.4) is 0 Å². The molecule has 0 aliphatic heterocycles. The first-order valence-electron chi connectivity index (χ1n) is 2.82. The summed E-state index contributed by atoms with van der Waals surface area (Å²) in [6.45, 7) is 0.307. The van der Waals surface area contributed by atoms with Gasteiger partial charge in [0, 0.05) is 6.04 Å². The Morgan fingerprint density at radius 2 is 1.90 bits per heavy atom. The molecule has 2 nitrogen and oxygen atoms in total. The van der Waals surface area contributed by atoms with Gasteiger partial charge in [0.1, 0.15) is 0 Å². The van der Waals surface area contributed by atoms with Crippen LogP contribution in [0.25, 0.3) is 0 Å². The molecule has 2 atom stereocenters. The third kappa shape index (κ3) is 2.53. The lowest BCUT2D eigenvalue weighted by Gasteiger charge is -2.20. The molecule has 0 fully saturated rings. The average molecular weight is 157 g/mol. The highest BCUT2D eigenvalue weighted by atomic mass is 19.4. The van der Waals surface area contributed by atoms with E-state index in [0.717, 1.165) is 6.92 Å². The Morgan fingerprint density at radius 1 is 1.50 bits per heavy atom. The number of halogens is 3. The first-order chi connectivity index (χ1) is 4.39. The molecule has 5 heteroatoms. The minimum atomic E-state index is -4.30. The van der Waals surface area contributed by atoms with Crippen molar-refractivity contribution in [3.05, 3.63) is 0 Å². The molecule has 0 aromatic heterocycles. The molecule has 62 valence electrons. The average Bonchev–Trinajstić information content (AvgIpc) is 1.83. The van der Waals surface area contributed by atoms with Crippen LogP contribution in [0.4, 0.5) is 13.2 Å². The summed E-state index contributed by atoms with van der Waals surface area (Å²) in [5, 5.41) is 8.24. The fourth-order valence-corrected chi connectivity index (χ4v) is 0.401. The van der Waals surface area contributed by atoms with Crippen molar-refractivity contribution in [1.29, 1.82) is 0 Å². The van der Waals surface area contributed by atoms with Crippen molar-refractivity contribution in [2.45, 2.75) is 19.1 Å². The van der Waals surface area contributed by atoms with Crippen molar-refractivity contribution >= 4 is 0 Å². The second kappa shape index (κ2) is 3.21. The molecule has 0 saturated carbocycles. The number of nitrogens with two attached hydrogens (primary N) is 1. The van der Waals surface area contributed by atoms with Crippen molar-refractivity contribution in [1.82, 2.24) is 0 Å². The Hall–Kier alpha value is -0.290. The van der Waals surface area contributed by atoms with Gasteiger partial charge in [-0.25, -0.2) is 0 Å². The lowest BCUT2D eigenvalue weighted by molar-refractivity contribution is -0.177. The third-order valence-corrected chi connectivity index (χ3v) is 1.37. The maximum Gasteiger partial charge on any atom is 0.393 e. The standard InChI is InChI=1S/C5H10F3NO/c1-3(4(9)2-10)5(6,7)8/h3-4,10H,2,9H2,1H3/t3?,4-/m1/s1. The number of alkyl halides is 3. The van der Waals surface area contributed by atoms with E-state index < -0.39 is 24.7 Å². The van der Waals surface area contributed by atoms with E-state index in [4.69, 9.17) is 10.8 Å². The van der Waals surface area contributed by atoms with Crippen LogP contribution >= 0.6 is 0 Å². The molecule has 0 amide bonds. The molecule has 0 saturated heterocycles. The van der Waals surface area contributed by atoms with Crippen LogP contribution in [0.2, 0.25) is 0 Å². The summed E-state index contributed by atoms with van der Waals surface area (Å²) in [6, 6.07) is -1.21. The predicted octanol–water partition coefficient (Wildman–Crippen LogP) is 0.504. The van der Waals surface area contributed by atoms with Gasteiger partial charge in [0.05, 0.1) is 12.5 Å². The Balaban J connectivity index is 3.94. The van der Waals surface area contributed by atoms with Gasteiger partial charge in [-0.05, 0) is 0 Å². The number of rotatable bonds is 2. The van der Waals surface area contributed by atoms with Crippen LogP contribution in [0, 0.1) is 5.92 Å². The lowest BCUT2D eigenvalue weighted by atomic mass is 10.0. The van der Waals surface area contributed by atoms with Gasteiger partial charge >= 0.3 is 6.18 Å². The van der Waals surface area contributed by atoms with Crippen LogP contribution in [-0.4, -0.2) is 23.9 Å². The second-order valence-corrected chi connectivity index (χ2v) is 2.18. The highest BCUT2D eigenvalue weighted by Crippen LogP contribution is 2.27. The molecule has 0 aromatic carbocycles. The van der Waals surface area contributed by atoms with Crippen LogP contribution in [0.15, 0.2) is 0 Å². The first kappa shape index (κ1) is 9.71. The largest absolute Gasteiger partial charge is 0.395 e. The van der Waals surface area contributed by atoms with Crippen molar-refractivity contribution < 1.29 is 18.3 Å². The van der Waals surface area contributed by atoms with E-state index in [9.17, 15) is 13.2 Å². The SMILES string of the molecule is CC([C@H](N)CO)C(F)(F)F. The smallest absolute Gasteiger partial charge is 0.393 e. The maximum atomic E-state index is 11.7. The van der Waals surface area contributed by atoms with Crippen molar-refractivity contribution in [3.8, 4) is 0 Å². The molecule has 0 heterocycles. The van der Waals surface area contributed by atoms with Gasteiger partial charge in [-0.3, -0.25) is 0 Å². The Morgan fingerprint density at radius 3 is 2.00 bits per heavy atom. The third-order valence-electron chi connectivity index (χ3n) is 1.37. The molecular weight excluding hydrogens is 147 g/mol. The quantitative estimate of drug-likeness (QED) is 0.613. The topological polar surface area (TPSA) is 46.2 Å². The summed E-state index contributed by atoms with van der Waals surface area (Å²) in [5.74, 6) is -1.64. The second-order valence-electron chi connectivity index (χ2n) is 2.18. The molecule has 0 spiro atoms. The van der Waals surface area contributed by atoms with Crippen molar-refractivity contribution in [2.75, 3.05) is 6.61 Å². The van der Waals surface area contributed by atoms with Crippen LogP contribution in [0.1, 0.15) is 6.92 Å². The zero-order chi connectivity index (χ0) is 8.36. The Kier molecular flexibility index (Phi) is 3.11. The van der Waals surface area contributed by atoms with Crippen LogP contribution in [-0.2, 0) is 0 Å². The van der Waals surface area contributed by atoms with Gasteiger partial charge in [-0.15, -0.1) is 0 Å². The molecule has 0 aliphatic rings. The van der Waals surface area contributed by atoms with Gasteiger partial charge in [0.25, 0.3) is 0 Å². The highest BCUT2D eigenvalue weighted by Gasteiger charge is 2.39. The molecular formula is C5H10F3NO. The summed E-state index contributed by atoms with van der Waals surface area (Å²) in [7, 11) is 0. The van der Waals surface area contributed by atoms with Crippen LogP contribution in [0.5, 0.6) is 0 Å². The fourth-order valence-electron chi connectivity index (χ4n) is 0.401. The van der Waals surface area contributed by atoms with E-state index in [-0.39, 0.29) is 0 Å². The Labute approximate surface area is 56.8 Å². The summed E-state index contributed by atoms with van der Waals surface area (Å²) < 4.78 is 35.1. The van der Waals surface area contributed by atoms with E-state index >= 15 is 0 Å². The molecule has 0 radical (unpaired) electrons. The minimum Gasteiger partial charge on any atom is -0.395 e. The van der Waals surface area contributed by atoms with Crippen LogP contribution < -0.4 is 5.73 Å². The number of aliphatic hydroxyl groups excluding tert-OH is 1. The van der Waals surface area contributed by atoms with E-state index in [1.807, 2.05) is 0 Å². The molecule has 1 unspecified atom stereocenters. The molecule has 0 aliphatic carbocycles. The van der Waals surface area contributed by atoms with E-state index in [0.29, 0.717) is 0 Å². The summed E-state index contributed by atoms with van der Waals surface area (Å²) in [5.41, 5.74) is 4.93. The summed E-state index contributed by atoms with van der Waals surface area (Å²) in [6.07, 6.45) is -4.30. The first-order valence-corrected chi connectivity index (χ1v) is 2.82. The zero-order valence-corrected chi connectivity index (χ0v) is 5.52. The van der Waals surface area contributed by atoms with E-state index in [2.05, 4.69) is 0 Å². The number of hydrogen-bond acceptors (Lipinski definition) is 2. The molecule has 10 heavy (non-hydrogen) atoms. The normalized spacial score (nSPS) is 18.6.